The summed E-state index contributed by atoms with van der Waals surface area (Å²) >= 11 is 1.50. The van der Waals surface area contributed by atoms with Gasteiger partial charge >= 0.3 is 23.9 Å². The molecule has 10 nitrogen and oxygen atoms in total. The second-order valence-electron chi connectivity index (χ2n) is 11.0. The predicted octanol–water partition coefficient (Wildman–Crippen LogP) is 4.83. The standard InChI is InChI=1S/C32H33FO10S/c1-17-3-6-21(11-20(17)12-23-9-10-28(44-23)19-4-7-22(33)8-5-19)32(41)26(15-31(39)40)24(13-29(35)36)25(14-30(37)38)27(43-32)16-42-18(2)34/h3-11,24-27,41H,12-16H2,1-2H3,(H,35,36)(H,37,38)(H,39,40)/t24-,25+,26+,27-,32?/m0/s1. The maximum atomic E-state index is 13.4. The smallest absolute Gasteiger partial charge is 0.303 e. The lowest BCUT2D eigenvalue weighted by atomic mass is 9.66. The summed E-state index contributed by atoms with van der Waals surface area (Å²) in [5.41, 5.74) is 2.66. The number of esters is 1. The minimum absolute atomic E-state index is 0.164. The van der Waals surface area contributed by atoms with E-state index in [1.807, 2.05) is 19.1 Å². The summed E-state index contributed by atoms with van der Waals surface area (Å²) in [7, 11) is 0. The van der Waals surface area contributed by atoms with Crippen molar-refractivity contribution in [1.82, 2.24) is 0 Å². The Bertz CT molecular complexity index is 1530. The number of halogens is 1. The number of aliphatic hydroxyl groups is 1. The Balaban J connectivity index is 1.75. The highest BCUT2D eigenvalue weighted by Gasteiger charge is 2.56. The molecule has 0 radical (unpaired) electrons. The molecule has 1 saturated heterocycles. The number of aryl methyl sites for hydroxylation is 1. The summed E-state index contributed by atoms with van der Waals surface area (Å²) < 4.78 is 24.6. The second kappa shape index (κ2) is 13.7. The third-order valence-electron chi connectivity index (χ3n) is 7.96. The molecule has 12 heteroatoms. The van der Waals surface area contributed by atoms with Crippen molar-refractivity contribution < 1.29 is 53.5 Å². The largest absolute Gasteiger partial charge is 0.481 e. The molecule has 0 saturated carbocycles. The Kier molecular flexibility index (Phi) is 10.2. The predicted molar refractivity (Wildman–Crippen MR) is 156 cm³/mol. The summed E-state index contributed by atoms with van der Waals surface area (Å²) in [6, 6.07) is 15.0. The minimum Gasteiger partial charge on any atom is -0.481 e. The molecule has 2 aromatic carbocycles. The molecule has 0 spiro atoms. The molecule has 4 rings (SSSR count). The molecule has 1 unspecified atom stereocenters. The van der Waals surface area contributed by atoms with E-state index in [1.54, 1.807) is 30.3 Å². The lowest BCUT2D eigenvalue weighted by Crippen LogP contribution is -2.57. The molecular formula is C32H33FO10S. The fourth-order valence-corrected chi connectivity index (χ4v) is 6.92. The number of hydrogen-bond donors (Lipinski definition) is 4. The van der Waals surface area contributed by atoms with Gasteiger partial charge in [-0.25, -0.2) is 4.39 Å². The summed E-state index contributed by atoms with van der Waals surface area (Å²) in [6.07, 6.45) is -2.75. The molecule has 0 amide bonds. The van der Waals surface area contributed by atoms with E-state index in [2.05, 4.69) is 0 Å². The van der Waals surface area contributed by atoms with E-state index >= 15 is 0 Å². The van der Waals surface area contributed by atoms with Crippen molar-refractivity contribution in [2.24, 2.45) is 17.8 Å². The Hall–Kier alpha value is -4.13. The number of rotatable bonds is 12. The fraction of sp³-hybridized carbons (Fsp3) is 0.375. The lowest BCUT2D eigenvalue weighted by Gasteiger charge is -2.51. The van der Waals surface area contributed by atoms with Crippen LogP contribution in [0, 0.1) is 30.5 Å². The molecule has 0 aliphatic carbocycles. The number of carbonyl (C=O) groups excluding carboxylic acids is 1. The molecule has 5 atom stereocenters. The highest BCUT2D eigenvalue weighted by atomic mass is 32.1. The van der Waals surface area contributed by atoms with Gasteiger partial charge in [0.05, 0.1) is 18.9 Å². The minimum atomic E-state index is -2.35. The van der Waals surface area contributed by atoms with Gasteiger partial charge in [0.2, 0.25) is 0 Å². The van der Waals surface area contributed by atoms with E-state index in [9.17, 15) is 44.0 Å². The van der Waals surface area contributed by atoms with E-state index in [4.69, 9.17) is 9.47 Å². The SMILES string of the molecule is CC(=O)OC[C@@H]1OC(O)(c2ccc(C)c(Cc3ccc(-c4ccc(F)cc4)s3)c2)[C@H](CC(=O)O)[C@@H](CC(=O)O)[C@H]1CC(=O)O. The average molecular weight is 629 g/mol. The zero-order valence-corrected chi connectivity index (χ0v) is 24.9. The van der Waals surface area contributed by atoms with Gasteiger partial charge in [0.25, 0.3) is 0 Å². The Morgan fingerprint density at radius 3 is 2.16 bits per heavy atom. The third-order valence-corrected chi connectivity index (χ3v) is 9.10. The van der Waals surface area contributed by atoms with E-state index < -0.39 is 79.4 Å². The van der Waals surface area contributed by atoms with Crippen LogP contribution in [0.25, 0.3) is 10.4 Å². The van der Waals surface area contributed by atoms with Crippen molar-refractivity contribution in [3.05, 3.63) is 82.0 Å². The third kappa shape index (κ3) is 7.68. The van der Waals surface area contributed by atoms with Crippen molar-refractivity contribution in [2.75, 3.05) is 6.61 Å². The zero-order valence-electron chi connectivity index (χ0n) is 24.1. The van der Waals surface area contributed by atoms with Gasteiger partial charge in [-0.2, -0.15) is 0 Å². The molecule has 1 aliphatic heterocycles. The molecule has 1 aliphatic rings. The van der Waals surface area contributed by atoms with Crippen molar-refractivity contribution in [1.29, 1.82) is 0 Å². The topological polar surface area (TPSA) is 168 Å². The quantitative estimate of drug-likeness (QED) is 0.204. The van der Waals surface area contributed by atoms with Crippen molar-refractivity contribution >= 4 is 35.2 Å². The van der Waals surface area contributed by atoms with E-state index in [0.717, 1.165) is 33.4 Å². The number of benzene rings is 2. The Morgan fingerprint density at radius 2 is 1.55 bits per heavy atom. The Morgan fingerprint density at radius 1 is 0.909 bits per heavy atom. The van der Waals surface area contributed by atoms with Gasteiger partial charge in [-0.1, -0.05) is 24.3 Å². The molecule has 4 N–H and O–H groups in total. The molecule has 1 aromatic heterocycles. The van der Waals surface area contributed by atoms with Crippen molar-refractivity contribution in [2.45, 2.75) is 51.4 Å². The van der Waals surface area contributed by atoms with Gasteiger partial charge in [0.1, 0.15) is 12.4 Å². The molecule has 0 bridgehead atoms. The highest BCUT2D eigenvalue weighted by Crippen LogP contribution is 2.50. The van der Waals surface area contributed by atoms with Gasteiger partial charge in [-0.15, -0.1) is 11.3 Å². The monoisotopic (exact) mass is 628 g/mol. The number of hydrogen-bond acceptors (Lipinski definition) is 8. The number of carboxylic acids is 3. The first-order valence-corrected chi connectivity index (χ1v) is 14.7. The normalized spacial score (nSPS) is 23.2. The molecule has 3 aromatic rings. The van der Waals surface area contributed by atoms with E-state index in [1.165, 1.54) is 23.5 Å². The van der Waals surface area contributed by atoms with Crippen LogP contribution in [0.15, 0.2) is 54.6 Å². The summed E-state index contributed by atoms with van der Waals surface area (Å²) in [4.78, 5) is 49.3. The Labute approximate surface area is 256 Å². The van der Waals surface area contributed by atoms with Gasteiger partial charge in [0, 0.05) is 46.9 Å². The van der Waals surface area contributed by atoms with Gasteiger partial charge < -0.3 is 29.9 Å². The van der Waals surface area contributed by atoms with Gasteiger partial charge in [-0.3, -0.25) is 19.2 Å². The van der Waals surface area contributed by atoms with Crippen LogP contribution in [0.2, 0.25) is 0 Å². The van der Waals surface area contributed by atoms with Crippen LogP contribution in [0.5, 0.6) is 0 Å². The summed E-state index contributed by atoms with van der Waals surface area (Å²) in [5, 5.41) is 41.3. The van der Waals surface area contributed by atoms with E-state index in [-0.39, 0.29) is 11.4 Å². The van der Waals surface area contributed by atoms with Crippen LogP contribution in [-0.4, -0.2) is 57.0 Å². The van der Waals surface area contributed by atoms with Gasteiger partial charge in [-0.05, 0) is 59.9 Å². The van der Waals surface area contributed by atoms with Crippen molar-refractivity contribution in [3.63, 3.8) is 0 Å². The molecular weight excluding hydrogens is 595 g/mol. The number of aliphatic carboxylic acids is 3. The van der Waals surface area contributed by atoms with Crippen LogP contribution in [0.1, 0.15) is 47.8 Å². The van der Waals surface area contributed by atoms with Crippen LogP contribution in [0.4, 0.5) is 4.39 Å². The number of ether oxygens (including phenoxy) is 2. The highest BCUT2D eigenvalue weighted by molar-refractivity contribution is 7.15. The first kappa shape index (κ1) is 32.8. The average Bonchev–Trinajstić information content (AvgIpc) is 3.40. The van der Waals surface area contributed by atoms with Crippen LogP contribution in [-0.2, 0) is 40.9 Å². The van der Waals surface area contributed by atoms with Crippen molar-refractivity contribution in [3.8, 4) is 10.4 Å². The molecule has 234 valence electrons. The zero-order chi connectivity index (χ0) is 32.2. The van der Waals surface area contributed by atoms with E-state index in [0.29, 0.717) is 6.42 Å². The lowest BCUT2D eigenvalue weighted by molar-refractivity contribution is -0.329. The number of carboxylic acid groups (broad SMARTS) is 3. The number of thiophene rings is 1. The van der Waals surface area contributed by atoms with Crippen LogP contribution < -0.4 is 0 Å². The summed E-state index contributed by atoms with van der Waals surface area (Å²) in [6.45, 7) is 2.54. The maximum absolute atomic E-state index is 13.4. The molecule has 44 heavy (non-hydrogen) atoms. The first-order valence-electron chi connectivity index (χ1n) is 13.9. The van der Waals surface area contributed by atoms with Gasteiger partial charge in [0.15, 0.2) is 5.79 Å². The fourth-order valence-electron chi connectivity index (χ4n) is 5.88. The number of carbonyl (C=O) groups is 4. The molecule has 1 fully saturated rings. The summed E-state index contributed by atoms with van der Waals surface area (Å²) in [5.74, 6) is -10.9. The second-order valence-corrected chi connectivity index (χ2v) is 12.1. The van der Waals surface area contributed by atoms with Crippen LogP contribution in [0.3, 0.4) is 0 Å². The molecule has 2 heterocycles. The van der Waals surface area contributed by atoms with Crippen LogP contribution >= 0.6 is 11.3 Å². The maximum Gasteiger partial charge on any atom is 0.303 e. The first-order chi connectivity index (χ1) is 20.8.